The molecule has 3 aromatic heterocycles. The second-order valence-electron chi connectivity index (χ2n) is 9.21. The summed E-state index contributed by atoms with van der Waals surface area (Å²) in [6.07, 6.45) is 2.98. The zero-order chi connectivity index (χ0) is 22.0. The highest BCUT2D eigenvalue weighted by Crippen LogP contribution is 2.45. The molecule has 2 aliphatic rings. The van der Waals surface area contributed by atoms with E-state index in [9.17, 15) is 9.90 Å². The lowest BCUT2D eigenvalue weighted by Gasteiger charge is -2.15. The summed E-state index contributed by atoms with van der Waals surface area (Å²) >= 11 is 1.73. The van der Waals surface area contributed by atoms with Gasteiger partial charge in [0, 0.05) is 27.3 Å². The Hall–Kier alpha value is -2.99. The van der Waals surface area contributed by atoms with Crippen LogP contribution in [-0.2, 0) is 17.8 Å². The summed E-state index contributed by atoms with van der Waals surface area (Å²) < 4.78 is 2.29. The molecule has 6 heteroatoms. The van der Waals surface area contributed by atoms with Crippen LogP contribution in [0.3, 0.4) is 0 Å². The van der Waals surface area contributed by atoms with Crippen molar-refractivity contribution in [3.05, 3.63) is 80.4 Å². The smallest absolute Gasteiger partial charge is 0.307 e. The average molecular weight is 444 g/mol. The molecule has 2 aliphatic carbocycles. The number of hydrogen-bond donors (Lipinski definition) is 1. The molecule has 0 amide bonds. The van der Waals surface area contributed by atoms with Crippen molar-refractivity contribution in [2.24, 2.45) is 5.92 Å². The number of carbonyl (C=O) groups is 1. The quantitative estimate of drug-likeness (QED) is 0.447. The zero-order valence-corrected chi connectivity index (χ0v) is 19.0. The van der Waals surface area contributed by atoms with E-state index in [0.717, 1.165) is 45.2 Å². The monoisotopic (exact) mass is 443 g/mol. The van der Waals surface area contributed by atoms with Crippen LogP contribution in [0.15, 0.2) is 42.5 Å². The highest BCUT2D eigenvalue weighted by Gasteiger charge is 2.39. The van der Waals surface area contributed by atoms with E-state index in [2.05, 4.69) is 41.8 Å². The minimum atomic E-state index is -0.715. The van der Waals surface area contributed by atoms with E-state index in [-0.39, 0.29) is 5.92 Å². The number of aliphatic carboxylic acids is 1. The number of fused-ring (bicyclic) bond motifs is 2. The maximum Gasteiger partial charge on any atom is 0.307 e. The largest absolute Gasteiger partial charge is 0.481 e. The molecule has 162 valence electrons. The van der Waals surface area contributed by atoms with E-state index in [1.807, 2.05) is 19.1 Å². The van der Waals surface area contributed by atoms with Crippen LogP contribution in [0.2, 0.25) is 0 Å². The first kappa shape index (κ1) is 19.7. The molecule has 0 spiro atoms. The predicted molar refractivity (Wildman–Crippen MR) is 126 cm³/mol. The number of nitrogens with zero attached hydrogens (tertiary/aromatic N) is 3. The van der Waals surface area contributed by atoms with Gasteiger partial charge in [-0.05, 0) is 68.0 Å². The van der Waals surface area contributed by atoms with Crippen LogP contribution in [0.25, 0.3) is 11.2 Å². The van der Waals surface area contributed by atoms with Gasteiger partial charge >= 0.3 is 5.97 Å². The van der Waals surface area contributed by atoms with E-state index in [1.54, 1.807) is 11.3 Å². The molecule has 0 saturated heterocycles. The van der Waals surface area contributed by atoms with Crippen molar-refractivity contribution in [3.63, 3.8) is 0 Å². The summed E-state index contributed by atoms with van der Waals surface area (Å²) in [5.41, 5.74) is 6.47. The molecule has 5 nitrogen and oxygen atoms in total. The molecule has 32 heavy (non-hydrogen) atoms. The van der Waals surface area contributed by atoms with Crippen molar-refractivity contribution in [1.82, 2.24) is 14.5 Å². The van der Waals surface area contributed by atoms with Gasteiger partial charge in [-0.15, -0.1) is 11.3 Å². The fourth-order valence-corrected chi connectivity index (χ4v) is 6.39. The molecule has 0 radical (unpaired) electrons. The Morgan fingerprint density at radius 3 is 2.75 bits per heavy atom. The number of benzene rings is 1. The van der Waals surface area contributed by atoms with Gasteiger partial charge in [0.15, 0.2) is 5.65 Å². The van der Waals surface area contributed by atoms with Gasteiger partial charge in [-0.2, -0.15) is 0 Å². The normalized spacial score (nSPS) is 20.1. The predicted octanol–water partition coefficient (Wildman–Crippen LogP) is 5.42. The van der Waals surface area contributed by atoms with E-state index in [1.165, 1.54) is 23.3 Å². The van der Waals surface area contributed by atoms with Crippen LogP contribution in [-0.4, -0.2) is 25.6 Å². The first-order valence-corrected chi connectivity index (χ1v) is 12.0. The van der Waals surface area contributed by atoms with Gasteiger partial charge in [-0.25, -0.2) is 9.97 Å². The Bertz CT molecular complexity index is 1360. The summed E-state index contributed by atoms with van der Waals surface area (Å²) in [5, 5.41) is 9.89. The second kappa shape index (κ2) is 7.27. The number of imidazole rings is 1. The lowest BCUT2D eigenvalue weighted by molar-refractivity contribution is -0.141. The fourth-order valence-electron chi connectivity index (χ4n) is 5.21. The number of aryl methyl sites for hydroxylation is 2. The van der Waals surface area contributed by atoms with Crippen LogP contribution in [0.1, 0.15) is 62.6 Å². The second-order valence-corrected chi connectivity index (χ2v) is 10.4. The third-order valence-electron chi connectivity index (χ3n) is 6.85. The molecule has 1 aromatic carbocycles. The number of rotatable bonds is 5. The standard InChI is InChI=1S/C26H25N3O2S/c1-14-11-15(2)27-25-23(14)28-24(16-7-8-16)29(25)13-18-9-10-21(32-18)22-19-6-4-3-5-17(19)12-20(22)26(30)31/h3-6,9-11,16,20,22H,7-8,12-13H2,1-2H3,(H,30,31). The molecule has 0 bridgehead atoms. The van der Waals surface area contributed by atoms with Crippen molar-refractivity contribution < 1.29 is 9.90 Å². The first-order valence-electron chi connectivity index (χ1n) is 11.2. The summed E-state index contributed by atoms with van der Waals surface area (Å²) in [4.78, 5) is 24.2. The molecule has 1 N–H and O–H groups in total. The van der Waals surface area contributed by atoms with Gasteiger partial charge in [0.25, 0.3) is 0 Å². The van der Waals surface area contributed by atoms with Crippen LogP contribution in [0.4, 0.5) is 0 Å². The van der Waals surface area contributed by atoms with Crippen LogP contribution in [0, 0.1) is 19.8 Å². The first-order chi connectivity index (χ1) is 15.5. The van der Waals surface area contributed by atoms with Crippen molar-refractivity contribution in [2.45, 2.75) is 51.5 Å². The number of thiophene rings is 1. The molecule has 1 saturated carbocycles. The van der Waals surface area contributed by atoms with Crippen LogP contribution in [0.5, 0.6) is 0 Å². The zero-order valence-electron chi connectivity index (χ0n) is 18.2. The van der Waals surface area contributed by atoms with Gasteiger partial charge in [0.2, 0.25) is 0 Å². The highest BCUT2D eigenvalue weighted by atomic mass is 32.1. The topological polar surface area (TPSA) is 68.0 Å². The SMILES string of the molecule is Cc1cc(C)c2nc(C3CC3)n(Cc3ccc(C4c5ccccc5CC4C(=O)O)s3)c2n1. The Labute approximate surface area is 190 Å². The van der Waals surface area contributed by atoms with Gasteiger partial charge in [0.05, 0.1) is 12.5 Å². The van der Waals surface area contributed by atoms with Gasteiger partial charge in [0.1, 0.15) is 11.3 Å². The molecule has 2 atom stereocenters. The minimum absolute atomic E-state index is 0.0764. The lowest BCUT2D eigenvalue weighted by atomic mass is 9.91. The maximum atomic E-state index is 12.0. The minimum Gasteiger partial charge on any atom is -0.481 e. The van der Waals surface area contributed by atoms with Crippen LogP contribution >= 0.6 is 11.3 Å². The molecule has 6 rings (SSSR count). The van der Waals surface area contributed by atoms with Crippen molar-refractivity contribution in [1.29, 1.82) is 0 Å². The van der Waals surface area contributed by atoms with Gasteiger partial charge in [-0.1, -0.05) is 24.3 Å². The summed E-state index contributed by atoms with van der Waals surface area (Å²) in [7, 11) is 0. The molecule has 2 unspecified atom stereocenters. The number of carboxylic acid groups (broad SMARTS) is 1. The highest BCUT2D eigenvalue weighted by molar-refractivity contribution is 7.12. The Balaban J connectivity index is 1.39. The van der Waals surface area contributed by atoms with E-state index < -0.39 is 11.9 Å². The Morgan fingerprint density at radius 1 is 1.16 bits per heavy atom. The fraction of sp³-hybridized carbons (Fsp3) is 0.346. The number of hydrogen-bond acceptors (Lipinski definition) is 4. The number of aromatic nitrogens is 3. The van der Waals surface area contributed by atoms with Gasteiger partial charge < -0.3 is 9.67 Å². The van der Waals surface area contributed by atoms with Crippen molar-refractivity contribution >= 4 is 28.5 Å². The summed E-state index contributed by atoms with van der Waals surface area (Å²) in [5.74, 6) is 0.481. The Kier molecular flexibility index (Phi) is 4.47. The van der Waals surface area contributed by atoms with Crippen LogP contribution < -0.4 is 0 Å². The molecule has 4 aromatic rings. The molecule has 1 fully saturated rings. The average Bonchev–Trinajstić information content (AvgIpc) is 3.22. The lowest BCUT2D eigenvalue weighted by Crippen LogP contribution is -2.18. The third kappa shape index (κ3) is 3.16. The molecular weight excluding hydrogens is 418 g/mol. The maximum absolute atomic E-state index is 12.0. The Morgan fingerprint density at radius 2 is 1.97 bits per heavy atom. The molecule has 3 heterocycles. The molecule has 0 aliphatic heterocycles. The summed E-state index contributed by atoms with van der Waals surface area (Å²) in [6.45, 7) is 4.88. The van der Waals surface area contributed by atoms with Gasteiger partial charge in [-0.3, -0.25) is 4.79 Å². The third-order valence-corrected chi connectivity index (χ3v) is 8.00. The van der Waals surface area contributed by atoms with E-state index in [4.69, 9.17) is 9.97 Å². The number of pyridine rings is 1. The summed E-state index contributed by atoms with van der Waals surface area (Å²) in [6, 6.07) is 14.6. The van der Waals surface area contributed by atoms with E-state index in [0.29, 0.717) is 12.3 Å². The molecular formula is C26H25N3O2S. The van der Waals surface area contributed by atoms with E-state index >= 15 is 0 Å². The number of carboxylic acids is 1. The van der Waals surface area contributed by atoms with Crippen molar-refractivity contribution in [2.75, 3.05) is 0 Å². The van der Waals surface area contributed by atoms with Crippen molar-refractivity contribution in [3.8, 4) is 0 Å².